The van der Waals surface area contributed by atoms with Gasteiger partial charge in [-0.1, -0.05) is 0 Å². The minimum Gasteiger partial charge on any atom is -0.422 e. The number of thiophene rings is 1. The molecule has 7 heteroatoms. The Bertz CT molecular complexity index is 653. The molecule has 0 N–H and O–H groups in total. The van der Waals surface area contributed by atoms with Crippen LogP contribution in [0.1, 0.15) is 15.2 Å². The molecule has 2 rings (SSSR count). The summed E-state index contributed by atoms with van der Waals surface area (Å²) in [6, 6.07) is 7.60. The molecule has 1 heterocycles. The van der Waals surface area contributed by atoms with Crippen molar-refractivity contribution in [2.24, 2.45) is 0 Å². The summed E-state index contributed by atoms with van der Waals surface area (Å²) in [6.45, 7) is 1.59. The summed E-state index contributed by atoms with van der Waals surface area (Å²) < 4.78 is 5.99. The highest BCUT2D eigenvalue weighted by atomic mass is 79.9. The number of nitrogens with zero attached hydrogens (tertiary/aromatic N) is 1. The zero-order valence-electron chi connectivity index (χ0n) is 9.75. The molecule has 19 heavy (non-hydrogen) atoms. The van der Waals surface area contributed by atoms with Gasteiger partial charge in [-0.2, -0.15) is 0 Å². The summed E-state index contributed by atoms with van der Waals surface area (Å²) in [6.07, 6.45) is 0. The molecule has 0 unspecified atom stereocenters. The van der Waals surface area contributed by atoms with Crippen LogP contribution in [0.2, 0.25) is 0 Å². The van der Waals surface area contributed by atoms with Gasteiger partial charge in [0.1, 0.15) is 10.6 Å². The van der Waals surface area contributed by atoms with Gasteiger partial charge in [0.15, 0.2) is 0 Å². The van der Waals surface area contributed by atoms with Gasteiger partial charge in [0.25, 0.3) is 5.69 Å². The Balaban J connectivity index is 2.18. The lowest BCUT2D eigenvalue weighted by atomic mass is 10.2. The average Bonchev–Trinajstić information content (AvgIpc) is 2.75. The molecule has 1 aromatic carbocycles. The highest BCUT2D eigenvalue weighted by molar-refractivity contribution is 9.11. The van der Waals surface area contributed by atoms with Gasteiger partial charge in [-0.05, 0) is 47.1 Å². The minimum absolute atomic E-state index is 0.00123. The second-order valence-corrected chi connectivity index (χ2v) is 6.16. The van der Waals surface area contributed by atoms with Gasteiger partial charge in [0.05, 0.1) is 8.71 Å². The summed E-state index contributed by atoms with van der Waals surface area (Å²) in [7, 11) is 0. The van der Waals surface area contributed by atoms with Crippen LogP contribution < -0.4 is 4.74 Å². The number of nitro groups is 1. The van der Waals surface area contributed by atoms with Crippen molar-refractivity contribution in [3.8, 4) is 5.75 Å². The highest BCUT2D eigenvalue weighted by Gasteiger charge is 2.14. The molecule has 98 valence electrons. The Morgan fingerprint density at radius 3 is 2.63 bits per heavy atom. The number of ether oxygens (including phenoxy) is 1. The second kappa shape index (κ2) is 5.50. The maximum absolute atomic E-state index is 11.8. The first-order chi connectivity index (χ1) is 8.97. The second-order valence-electron chi connectivity index (χ2n) is 3.70. The molecule has 0 spiro atoms. The molecule has 0 aliphatic rings. The van der Waals surface area contributed by atoms with Crippen molar-refractivity contribution in [1.29, 1.82) is 0 Å². The van der Waals surface area contributed by atoms with Crippen molar-refractivity contribution in [2.45, 2.75) is 6.92 Å². The molecular formula is C12H8BrNO4S. The molecule has 0 saturated carbocycles. The van der Waals surface area contributed by atoms with Crippen molar-refractivity contribution in [1.82, 2.24) is 0 Å². The van der Waals surface area contributed by atoms with E-state index in [-0.39, 0.29) is 11.4 Å². The molecule has 0 fully saturated rings. The van der Waals surface area contributed by atoms with Crippen LogP contribution in [-0.2, 0) is 0 Å². The third-order valence-corrected chi connectivity index (χ3v) is 3.95. The first-order valence-corrected chi connectivity index (χ1v) is 6.81. The quantitative estimate of drug-likeness (QED) is 0.367. The Hall–Kier alpha value is -1.73. The molecular weight excluding hydrogens is 334 g/mol. The predicted molar refractivity (Wildman–Crippen MR) is 74.8 cm³/mol. The van der Waals surface area contributed by atoms with E-state index in [1.807, 2.05) is 0 Å². The zero-order chi connectivity index (χ0) is 14.0. The van der Waals surface area contributed by atoms with Crippen LogP contribution in [0, 0.1) is 17.0 Å². The molecule has 0 aliphatic heterocycles. The number of carbonyl (C=O) groups is 1. The molecule has 0 atom stereocenters. The van der Waals surface area contributed by atoms with Gasteiger partial charge in [-0.15, -0.1) is 11.3 Å². The lowest BCUT2D eigenvalue weighted by Crippen LogP contribution is -2.06. The summed E-state index contributed by atoms with van der Waals surface area (Å²) in [5.74, 6) is -0.193. The zero-order valence-corrected chi connectivity index (χ0v) is 12.2. The summed E-state index contributed by atoms with van der Waals surface area (Å²) in [5.41, 5.74) is 0.446. The van der Waals surface area contributed by atoms with E-state index in [4.69, 9.17) is 4.74 Å². The van der Waals surface area contributed by atoms with E-state index in [0.29, 0.717) is 10.4 Å². The normalized spacial score (nSPS) is 10.2. The molecule has 0 aliphatic carbocycles. The van der Waals surface area contributed by atoms with Crippen LogP contribution in [0.5, 0.6) is 5.75 Å². The Morgan fingerprint density at radius 1 is 1.37 bits per heavy atom. The van der Waals surface area contributed by atoms with Gasteiger partial charge in [-0.25, -0.2) is 4.79 Å². The van der Waals surface area contributed by atoms with E-state index in [2.05, 4.69) is 15.9 Å². The number of hydrogen-bond acceptors (Lipinski definition) is 5. The number of halogens is 1. The van der Waals surface area contributed by atoms with Crippen LogP contribution in [0.3, 0.4) is 0 Å². The van der Waals surface area contributed by atoms with Crippen LogP contribution in [0.25, 0.3) is 0 Å². The van der Waals surface area contributed by atoms with Crippen molar-refractivity contribution in [3.63, 3.8) is 0 Å². The topological polar surface area (TPSA) is 69.4 Å². The number of esters is 1. The van der Waals surface area contributed by atoms with E-state index < -0.39 is 10.9 Å². The first kappa shape index (κ1) is 13.7. The summed E-state index contributed by atoms with van der Waals surface area (Å²) in [5, 5.41) is 10.7. The SMILES string of the molecule is Cc1cc(OC(=O)c2ccc(Br)s2)ccc1[N+](=O)[O-]. The molecule has 1 aromatic heterocycles. The molecule has 0 radical (unpaired) electrons. The van der Waals surface area contributed by atoms with Crippen LogP contribution in [0.4, 0.5) is 5.69 Å². The number of rotatable bonds is 3. The summed E-state index contributed by atoms with van der Waals surface area (Å²) in [4.78, 5) is 22.5. The predicted octanol–water partition coefficient (Wildman–Crippen LogP) is 3.95. The molecule has 0 saturated heterocycles. The van der Waals surface area contributed by atoms with Gasteiger partial charge in [0.2, 0.25) is 0 Å². The fourth-order valence-corrected chi connectivity index (χ4v) is 2.74. The highest BCUT2D eigenvalue weighted by Crippen LogP contribution is 2.26. The largest absolute Gasteiger partial charge is 0.422 e. The lowest BCUT2D eigenvalue weighted by molar-refractivity contribution is -0.385. The lowest BCUT2D eigenvalue weighted by Gasteiger charge is -2.04. The van der Waals surface area contributed by atoms with Gasteiger partial charge < -0.3 is 4.74 Å². The molecule has 2 aromatic rings. The van der Waals surface area contributed by atoms with E-state index >= 15 is 0 Å². The van der Waals surface area contributed by atoms with Gasteiger partial charge in [-0.3, -0.25) is 10.1 Å². The third kappa shape index (κ3) is 3.18. The molecule has 5 nitrogen and oxygen atoms in total. The van der Waals surface area contributed by atoms with Crippen molar-refractivity contribution in [2.75, 3.05) is 0 Å². The summed E-state index contributed by atoms with van der Waals surface area (Å²) >= 11 is 4.52. The van der Waals surface area contributed by atoms with E-state index in [9.17, 15) is 14.9 Å². The maximum Gasteiger partial charge on any atom is 0.353 e. The minimum atomic E-state index is -0.482. The van der Waals surface area contributed by atoms with Crippen LogP contribution in [-0.4, -0.2) is 10.9 Å². The third-order valence-electron chi connectivity index (χ3n) is 2.35. The van der Waals surface area contributed by atoms with Crippen molar-refractivity contribution in [3.05, 3.63) is 54.7 Å². The van der Waals surface area contributed by atoms with E-state index in [0.717, 1.165) is 3.79 Å². The Morgan fingerprint density at radius 2 is 2.11 bits per heavy atom. The number of aryl methyl sites for hydroxylation is 1. The van der Waals surface area contributed by atoms with Crippen LogP contribution >= 0.6 is 27.3 Å². The number of carbonyl (C=O) groups excluding carboxylic acids is 1. The fourth-order valence-electron chi connectivity index (χ4n) is 1.48. The smallest absolute Gasteiger partial charge is 0.353 e. The van der Waals surface area contributed by atoms with Crippen molar-refractivity contribution >= 4 is 38.9 Å². The van der Waals surface area contributed by atoms with E-state index in [1.165, 1.54) is 29.5 Å². The van der Waals surface area contributed by atoms with Gasteiger partial charge in [0, 0.05) is 11.6 Å². The molecule has 0 bridgehead atoms. The standard InChI is InChI=1S/C12H8BrNO4S/c1-7-6-8(2-3-9(7)14(16)17)18-12(15)10-4-5-11(13)19-10/h2-6H,1H3. The maximum atomic E-state index is 11.8. The molecule has 0 amide bonds. The first-order valence-electron chi connectivity index (χ1n) is 5.20. The Kier molecular flexibility index (Phi) is 3.96. The van der Waals surface area contributed by atoms with Crippen molar-refractivity contribution < 1.29 is 14.5 Å². The monoisotopic (exact) mass is 341 g/mol. The fraction of sp³-hybridized carbons (Fsp3) is 0.0833. The average molecular weight is 342 g/mol. The number of nitro benzene ring substituents is 1. The van der Waals surface area contributed by atoms with E-state index in [1.54, 1.807) is 19.1 Å². The van der Waals surface area contributed by atoms with Gasteiger partial charge >= 0.3 is 5.97 Å². The number of benzene rings is 1. The van der Waals surface area contributed by atoms with Crippen LogP contribution in [0.15, 0.2) is 34.1 Å². The Labute approximate surface area is 121 Å². The number of hydrogen-bond donors (Lipinski definition) is 0.